The van der Waals surface area contributed by atoms with Gasteiger partial charge < -0.3 is 9.73 Å². The smallest absolute Gasteiger partial charge is 0.293 e. The summed E-state index contributed by atoms with van der Waals surface area (Å²) in [5.41, 5.74) is 0.882. The SMILES string of the molecule is O=C(NC(=S)Nc1cc(-c2cccs2)[nH]n1)c1ccco1. The maximum absolute atomic E-state index is 11.7. The molecule has 0 fully saturated rings. The van der Waals surface area contributed by atoms with Gasteiger partial charge in [0.05, 0.1) is 16.8 Å². The minimum Gasteiger partial charge on any atom is -0.459 e. The van der Waals surface area contributed by atoms with Crippen molar-refractivity contribution in [3.63, 3.8) is 0 Å². The van der Waals surface area contributed by atoms with E-state index in [4.69, 9.17) is 16.6 Å². The summed E-state index contributed by atoms with van der Waals surface area (Å²) in [7, 11) is 0. The summed E-state index contributed by atoms with van der Waals surface area (Å²) < 4.78 is 4.98. The normalized spacial score (nSPS) is 10.3. The lowest BCUT2D eigenvalue weighted by atomic mass is 10.3. The number of furan rings is 1. The highest BCUT2D eigenvalue weighted by Gasteiger charge is 2.11. The number of nitrogens with one attached hydrogen (secondary N) is 3. The molecule has 0 spiro atoms. The van der Waals surface area contributed by atoms with Crippen LogP contribution in [0.15, 0.2) is 46.4 Å². The molecule has 8 heteroatoms. The standard InChI is InChI=1S/C13H10N4O2S2/c18-12(9-3-1-5-19-9)15-13(20)14-11-7-8(16-17-11)10-4-2-6-21-10/h1-7H,(H3,14,15,16,17,18,20). The summed E-state index contributed by atoms with van der Waals surface area (Å²) in [6, 6.07) is 8.95. The molecule has 3 N–H and O–H groups in total. The second-order valence-corrected chi connectivity index (χ2v) is 5.39. The summed E-state index contributed by atoms with van der Waals surface area (Å²) in [5, 5.41) is 14.5. The number of nitrogens with zero attached hydrogens (tertiary/aromatic N) is 1. The molecule has 6 nitrogen and oxygen atoms in total. The number of hydrogen-bond donors (Lipinski definition) is 3. The summed E-state index contributed by atoms with van der Waals surface area (Å²) in [6.07, 6.45) is 1.42. The van der Waals surface area contributed by atoms with Crippen LogP contribution in [0, 0.1) is 0 Å². The number of carbonyl (C=O) groups is 1. The number of hydrogen-bond acceptors (Lipinski definition) is 5. The Kier molecular flexibility index (Phi) is 3.80. The van der Waals surface area contributed by atoms with E-state index in [9.17, 15) is 4.79 Å². The zero-order valence-corrected chi connectivity index (χ0v) is 12.3. The number of aromatic nitrogens is 2. The van der Waals surface area contributed by atoms with Gasteiger partial charge in [0.2, 0.25) is 0 Å². The zero-order valence-electron chi connectivity index (χ0n) is 10.6. The van der Waals surface area contributed by atoms with E-state index in [1.54, 1.807) is 23.5 Å². The van der Waals surface area contributed by atoms with Crippen LogP contribution in [0.5, 0.6) is 0 Å². The van der Waals surface area contributed by atoms with E-state index in [0.29, 0.717) is 5.82 Å². The fraction of sp³-hybridized carbons (Fsp3) is 0. The first-order valence-electron chi connectivity index (χ1n) is 5.97. The molecule has 0 bridgehead atoms. The van der Waals surface area contributed by atoms with Crippen molar-refractivity contribution in [2.24, 2.45) is 0 Å². The van der Waals surface area contributed by atoms with E-state index in [1.807, 2.05) is 23.6 Å². The molecule has 0 unspecified atom stereocenters. The van der Waals surface area contributed by atoms with Crippen molar-refractivity contribution in [2.75, 3.05) is 5.32 Å². The van der Waals surface area contributed by atoms with Crippen LogP contribution in [0.2, 0.25) is 0 Å². The first kappa shape index (κ1) is 13.5. The third-order valence-electron chi connectivity index (χ3n) is 2.58. The van der Waals surface area contributed by atoms with Crippen LogP contribution in [-0.4, -0.2) is 21.2 Å². The molecule has 0 saturated carbocycles. The van der Waals surface area contributed by atoms with Crippen LogP contribution in [0.4, 0.5) is 5.82 Å². The first-order chi connectivity index (χ1) is 10.2. The molecule has 1 amide bonds. The highest BCUT2D eigenvalue weighted by molar-refractivity contribution is 7.80. The van der Waals surface area contributed by atoms with Crippen LogP contribution >= 0.6 is 23.6 Å². The number of anilines is 1. The van der Waals surface area contributed by atoms with Gasteiger partial charge in [0.15, 0.2) is 16.7 Å². The number of thiophene rings is 1. The number of carbonyl (C=O) groups excluding carboxylic acids is 1. The molecular formula is C13H10N4O2S2. The van der Waals surface area contributed by atoms with Crippen molar-refractivity contribution in [3.8, 4) is 10.6 Å². The number of thiocarbonyl (C=S) groups is 1. The third-order valence-corrected chi connectivity index (χ3v) is 3.69. The molecule has 3 rings (SSSR count). The van der Waals surface area contributed by atoms with E-state index in [-0.39, 0.29) is 10.9 Å². The van der Waals surface area contributed by atoms with E-state index < -0.39 is 5.91 Å². The Morgan fingerprint density at radius 2 is 2.29 bits per heavy atom. The highest BCUT2D eigenvalue weighted by Crippen LogP contribution is 2.24. The number of rotatable bonds is 3. The molecule has 0 aliphatic heterocycles. The van der Waals surface area contributed by atoms with Gasteiger partial charge >= 0.3 is 0 Å². The van der Waals surface area contributed by atoms with Gasteiger partial charge in [-0.25, -0.2) is 0 Å². The molecule has 0 atom stereocenters. The molecule has 21 heavy (non-hydrogen) atoms. The van der Waals surface area contributed by atoms with Crippen LogP contribution in [0.3, 0.4) is 0 Å². The lowest BCUT2D eigenvalue weighted by Gasteiger charge is -2.05. The Morgan fingerprint density at radius 1 is 1.38 bits per heavy atom. The van der Waals surface area contributed by atoms with Crippen molar-refractivity contribution in [2.45, 2.75) is 0 Å². The van der Waals surface area contributed by atoms with Crippen LogP contribution in [0.25, 0.3) is 10.6 Å². The average Bonchev–Trinajstić information content (AvgIpc) is 3.21. The maximum atomic E-state index is 11.7. The molecule has 0 aromatic carbocycles. The Hall–Kier alpha value is -2.45. The van der Waals surface area contributed by atoms with E-state index in [1.165, 1.54) is 6.26 Å². The molecule has 106 valence electrons. The van der Waals surface area contributed by atoms with E-state index >= 15 is 0 Å². The molecular weight excluding hydrogens is 308 g/mol. The fourth-order valence-corrected chi connectivity index (χ4v) is 2.55. The summed E-state index contributed by atoms with van der Waals surface area (Å²) in [6.45, 7) is 0. The predicted molar refractivity (Wildman–Crippen MR) is 84.3 cm³/mol. The van der Waals surface area contributed by atoms with Crippen LogP contribution in [-0.2, 0) is 0 Å². The van der Waals surface area contributed by atoms with E-state index in [2.05, 4.69) is 20.8 Å². The van der Waals surface area contributed by atoms with Gasteiger partial charge in [0.25, 0.3) is 5.91 Å². The van der Waals surface area contributed by atoms with Gasteiger partial charge in [0.1, 0.15) is 0 Å². The van der Waals surface area contributed by atoms with Gasteiger partial charge in [-0.05, 0) is 35.8 Å². The van der Waals surface area contributed by atoms with Crippen molar-refractivity contribution < 1.29 is 9.21 Å². The second-order valence-electron chi connectivity index (χ2n) is 4.03. The highest BCUT2D eigenvalue weighted by atomic mass is 32.1. The van der Waals surface area contributed by atoms with Crippen LogP contribution < -0.4 is 10.6 Å². The summed E-state index contributed by atoms with van der Waals surface area (Å²) in [5.74, 6) is 0.315. The molecule has 0 saturated heterocycles. The summed E-state index contributed by atoms with van der Waals surface area (Å²) in [4.78, 5) is 12.8. The predicted octanol–water partition coefficient (Wildman–Crippen LogP) is 2.86. The third kappa shape index (κ3) is 3.18. The Labute approximate surface area is 129 Å². The van der Waals surface area contributed by atoms with Gasteiger partial charge in [0, 0.05) is 6.07 Å². The van der Waals surface area contributed by atoms with Gasteiger partial charge in [-0.2, -0.15) is 5.10 Å². The lowest BCUT2D eigenvalue weighted by Crippen LogP contribution is -2.33. The van der Waals surface area contributed by atoms with Crippen molar-refractivity contribution in [1.82, 2.24) is 15.5 Å². The Morgan fingerprint density at radius 3 is 3.00 bits per heavy atom. The zero-order chi connectivity index (χ0) is 14.7. The molecule has 3 aromatic heterocycles. The monoisotopic (exact) mass is 318 g/mol. The first-order valence-corrected chi connectivity index (χ1v) is 7.26. The fourth-order valence-electron chi connectivity index (χ4n) is 1.66. The van der Waals surface area contributed by atoms with Crippen molar-refractivity contribution >= 4 is 40.4 Å². The largest absolute Gasteiger partial charge is 0.459 e. The molecule has 0 radical (unpaired) electrons. The maximum Gasteiger partial charge on any atom is 0.293 e. The second kappa shape index (κ2) is 5.90. The Balaban J connectivity index is 1.62. The molecule has 0 aliphatic carbocycles. The minimum absolute atomic E-state index is 0.153. The average molecular weight is 318 g/mol. The van der Waals surface area contributed by atoms with Crippen molar-refractivity contribution in [1.29, 1.82) is 0 Å². The van der Waals surface area contributed by atoms with E-state index in [0.717, 1.165) is 10.6 Å². The number of H-pyrrole nitrogens is 1. The lowest BCUT2D eigenvalue weighted by molar-refractivity contribution is 0.0950. The van der Waals surface area contributed by atoms with Gasteiger partial charge in [-0.15, -0.1) is 11.3 Å². The van der Waals surface area contributed by atoms with Gasteiger partial charge in [-0.1, -0.05) is 6.07 Å². The summed E-state index contributed by atoms with van der Waals surface area (Å²) >= 11 is 6.66. The topological polar surface area (TPSA) is 83.0 Å². The van der Waals surface area contributed by atoms with Gasteiger partial charge in [-0.3, -0.25) is 15.2 Å². The molecule has 3 aromatic rings. The number of aromatic amines is 1. The molecule has 3 heterocycles. The van der Waals surface area contributed by atoms with Crippen LogP contribution in [0.1, 0.15) is 10.6 Å². The minimum atomic E-state index is -0.411. The quantitative estimate of drug-likeness (QED) is 0.647. The number of amides is 1. The Bertz CT molecular complexity index is 747. The molecule has 0 aliphatic rings. The van der Waals surface area contributed by atoms with Crippen molar-refractivity contribution in [3.05, 3.63) is 47.7 Å².